The zero-order chi connectivity index (χ0) is 24.3. The molecule has 1 spiro atoms. The lowest BCUT2D eigenvalue weighted by Gasteiger charge is -2.34. The fourth-order valence-corrected chi connectivity index (χ4v) is 5.74. The predicted octanol–water partition coefficient (Wildman–Crippen LogP) is 3.70. The number of halogens is 1. The maximum Gasteiger partial charge on any atom is 0.409 e. The Morgan fingerprint density at radius 3 is 2.44 bits per heavy atom. The molecule has 1 aromatic carbocycles. The van der Waals surface area contributed by atoms with Crippen LogP contribution in [0, 0.1) is 11.3 Å². The summed E-state index contributed by atoms with van der Waals surface area (Å²) in [5, 5.41) is 3.85. The van der Waals surface area contributed by atoms with Crippen LogP contribution < -0.4 is 14.8 Å². The number of ether oxygens (including phenoxy) is 3. The molecule has 34 heavy (non-hydrogen) atoms. The zero-order valence-corrected chi connectivity index (χ0v) is 21.2. The van der Waals surface area contributed by atoms with E-state index in [0.29, 0.717) is 36.2 Å². The molecule has 0 aromatic heterocycles. The molecule has 8 nitrogen and oxygen atoms in total. The van der Waals surface area contributed by atoms with E-state index in [-0.39, 0.29) is 29.4 Å². The van der Waals surface area contributed by atoms with Crippen LogP contribution in [-0.2, 0) is 16.1 Å². The van der Waals surface area contributed by atoms with E-state index < -0.39 is 0 Å². The normalized spacial score (nSPS) is 22.4. The maximum absolute atomic E-state index is 12.9. The fourth-order valence-electron chi connectivity index (χ4n) is 5.44. The number of benzene rings is 1. The Morgan fingerprint density at radius 2 is 1.82 bits per heavy atom. The molecule has 2 aliphatic heterocycles. The highest BCUT2D eigenvalue weighted by Gasteiger charge is 2.58. The lowest BCUT2D eigenvalue weighted by atomic mass is 9.90. The van der Waals surface area contributed by atoms with Gasteiger partial charge in [-0.15, -0.1) is 0 Å². The molecule has 9 heteroatoms. The number of piperidine rings is 2. The number of methoxy groups -OCH3 is 2. The molecule has 188 valence electrons. The summed E-state index contributed by atoms with van der Waals surface area (Å²) in [4.78, 5) is 28.9. The van der Waals surface area contributed by atoms with Gasteiger partial charge in [0.15, 0.2) is 11.5 Å². The van der Waals surface area contributed by atoms with Crippen LogP contribution in [0.2, 0.25) is 5.02 Å². The molecule has 1 aromatic rings. The number of nitrogens with one attached hydrogen (secondary N) is 1. The molecule has 2 amide bonds. The van der Waals surface area contributed by atoms with Gasteiger partial charge in [-0.1, -0.05) is 17.7 Å². The topological polar surface area (TPSA) is 80.3 Å². The first-order valence-corrected chi connectivity index (χ1v) is 12.6. The minimum atomic E-state index is -0.255. The molecule has 3 fully saturated rings. The Hall–Kier alpha value is -2.19. The van der Waals surface area contributed by atoms with Crippen molar-refractivity contribution < 1.29 is 23.8 Å². The Kier molecular flexibility index (Phi) is 7.77. The van der Waals surface area contributed by atoms with Crippen molar-refractivity contribution in [3.8, 4) is 11.5 Å². The van der Waals surface area contributed by atoms with Gasteiger partial charge in [0.25, 0.3) is 0 Å². The number of rotatable bonds is 7. The van der Waals surface area contributed by atoms with E-state index in [9.17, 15) is 9.59 Å². The summed E-state index contributed by atoms with van der Waals surface area (Å²) >= 11 is 6.57. The average molecular weight is 494 g/mol. The summed E-state index contributed by atoms with van der Waals surface area (Å²) in [6.07, 6.45) is 4.34. The number of amides is 2. The molecule has 1 saturated carbocycles. The quantitative estimate of drug-likeness (QED) is 0.624. The van der Waals surface area contributed by atoms with Crippen molar-refractivity contribution in [1.29, 1.82) is 0 Å². The summed E-state index contributed by atoms with van der Waals surface area (Å²) < 4.78 is 15.8. The van der Waals surface area contributed by atoms with Crippen molar-refractivity contribution in [3.63, 3.8) is 0 Å². The molecule has 0 bridgehead atoms. The van der Waals surface area contributed by atoms with Crippen LogP contribution in [0.3, 0.4) is 0 Å². The SMILES string of the molecule is CCOC(=O)N1CCC(NC(=O)C2CC23CCN(Cc2ccc(OC)c(OC)c2Cl)CC3)CC1. The molecule has 2 heterocycles. The van der Waals surface area contributed by atoms with Gasteiger partial charge >= 0.3 is 6.09 Å². The standard InChI is InChI=1S/C25H36ClN3O5/c1-4-34-24(31)29-11-7-18(8-12-29)27-23(30)19-15-25(19)9-13-28(14-10-25)16-17-5-6-20(32-2)22(33-3)21(17)26/h5-6,18-19H,4,7-16H2,1-3H3,(H,27,30). The van der Waals surface area contributed by atoms with E-state index in [1.54, 1.807) is 19.1 Å². The van der Waals surface area contributed by atoms with Crippen molar-refractivity contribution in [3.05, 3.63) is 22.7 Å². The van der Waals surface area contributed by atoms with Crippen LogP contribution in [0.1, 0.15) is 44.6 Å². The molecule has 1 aliphatic carbocycles. The first kappa shape index (κ1) is 24.9. The van der Waals surface area contributed by atoms with Crippen molar-refractivity contribution in [1.82, 2.24) is 15.1 Å². The number of carbonyl (C=O) groups excluding carboxylic acids is 2. The largest absolute Gasteiger partial charge is 0.493 e. The van der Waals surface area contributed by atoms with Crippen molar-refractivity contribution in [2.45, 2.75) is 51.6 Å². The number of likely N-dealkylation sites (tertiary alicyclic amines) is 2. The highest BCUT2D eigenvalue weighted by atomic mass is 35.5. The smallest absolute Gasteiger partial charge is 0.409 e. The van der Waals surface area contributed by atoms with Gasteiger partial charge in [-0.3, -0.25) is 9.69 Å². The van der Waals surface area contributed by atoms with Crippen LogP contribution in [0.25, 0.3) is 0 Å². The first-order valence-electron chi connectivity index (χ1n) is 12.2. The third-order valence-corrected chi connectivity index (χ3v) is 8.10. The average Bonchev–Trinajstić information content (AvgIpc) is 3.55. The molecule has 2 saturated heterocycles. The van der Waals surface area contributed by atoms with E-state index in [0.717, 1.165) is 57.3 Å². The van der Waals surface area contributed by atoms with Crippen LogP contribution in [0.4, 0.5) is 4.79 Å². The number of hydrogen-bond acceptors (Lipinski definition) is 6. The molecule has 1 atom stereocenters. The van der Waals surface area contributed by atoms with Crippen molar-refractivity contribution >= 4 is 23.6 Å². The third kappa shape index (κ3) is 5.23. The highest BCUT2D eigenvalue weighted by molar-refractivity contribution is 6.33. The highest BCUT2D eigenvalue weighted by Crippen LogP contribution is 2.59. The van der Waals surface area contributed by atoms with Crippen LogP contribution in [-0.4, -0.2) is 74.8 Å². The van der Waals surface area contributed by atoms with Gasteiger partial charge in [-0.25, -0.2) is 4.79 Å². The van der Waals surface area contributed by atoms with E-state index in [1.165, 1.54) is 0 Å². The minimum absolute atomic E-state index is 0.113. The van der Waals surface area contributed by atoms with Gasteiger partial charge < -0.3 is 24.4 Å². The summed E-state index contributed by atoms with van der Waals surface area (Å²) in [5.74, 6) is 1.50. The van der Waals surface area contributed by atoms with Gasteiger partial charge in [0.1, 0.15) is 0 Å². The first-order chi connectivity index (χ1) is 16.4. The van der Waals surface area contributed by atoms with Gasteiger partial charge in [-0.05, 0) is 69.2 Å². The summed E-state index contributed by atoms with van der Waals surface area (Å²) in [6, 6.07) is 4.03. The Morgan fingerprint density at radius 1 is 1.12 bits per heavy atom. The zero-order valence-electron chi connectivity index (χ0n) is 20.4. The second-order valence-corrected chi connectivity index (χ2v) is 10.0. The van der Waals surface area contributed by atoms with Crippen LogP contribution in [0.15, 0.2) is 12.1 Å². The monoisotopic (exact) mass is 493 g/mol. The molecule has 3 aliphatic rings. The van der Waals surface area contributed by atoms with Gasteiger partial charge in [0.05, 0.1) is 25.8 Å². The van der Waals surface area contributed by atoms with E-state index >= 15 is 0 Å². The summed E-state index contributed by atoms with van der Waals surface area (Å²) in [7, 11) is 3.20. The second kappa shape index (κ2) is 10.6. The number of carbonyl (C=O) groups is 2. The summed E-state index contributed by atoms with van der Waals surface area (Å²) in [5.41, 5.74) is 1.17. The molecule has 0 radical (unpaired) electrons. The van der Waals surface area contributed by atoms with E-state index in [2.05, 4.69) is 10.2 Å². The fraction of sp³-hybridized carbons (Fsp3) is 0.680. The van der Waals surface area contributed by atoms with Crippen molar-refractivity contribution in [2.75, 3.05) is 47.0 Å². The van der Waals surface area contributed by atoms with Gasteiger partial charge in [-0.2, -0.15) is 0 Å². The van der Waals surface area contributed by atoms with E-state index in [4.69, 9.17) is 25.8 Å². The molecular formula is C25H36ClN3O5. The lowest BCUT2D eigenvalue weighted by Crippen LogP contribution is -2.47. The van der Waals surface area contributed by atoms with Crippen LogP contribution in [0.5, 0.6) is 11.5 Å². The lowest BCUT2D eigenvalue weighted by molar-refractivity contribution is -0.124. The van der Waals surface area contributed by atoms with Gasteiger partial charge in [0, 0.05) is 31.6 Å². The predicted molar refractivity (Wildman–Crippen MR) is 129 cm³/mol. The number of hydrogen-bond donors (Lipinski definition) is 1. The van der Waals surface area contributed by atoms with Gasteiger partial charge in [0.2, 0.25) is 5.91 Å². The third-order valence-electron chi connectivity index (χ3n) is 7.68. The molecule has 1 N–H and O–H groups in total. The van der Waals surface area contributed by atoms with Crippen molar-refractivity contribution in [2.24, 2.45) is 11.3 Å². The second-order valence-electron chi connectivity index (χ2n) is 9.64. The Labute approximate surface area is 206 Å². The van der Waals surface area contributed by atoms with Crippen LogP contribution >= 0.6 is 11.6 Å². The maximum atomic E-state index is 12.9. The summed E-state index contributed by atoms with van der Waals surface area (Å²) in [6.45, 7) is 6.12. The molecular weight excluding hydrogens is 458 g/mol. The van der Waals surface area contributed by atoms with E-state index in [1.807, 2.05) is 19.1 Å². The minimum Gasteiger partial charge on any atom is -0.493 e. The molecule has 1 unspecified atom stereocenters. The Balaban J connectivity index is 1.23. The molecule has 4 rings (SSSR count). The Bertz CT molecular complexity index is 895. The number of nitrogens with zero attached hydrogens (tertiary/aromatic N) is 2.